The van der Waals surface area contributed by atoms with Crippen LogP contribution in [0.1, 0.15) is 23.6 Å². The van der Waals surface area contributed by atoms with Crippen LogP contribution in [0.3, 0.4) is 0 Å². The van der Waals surface area contributed by atoms with Crippen molar-refractivity contribution in [1.29, 1.82) is 0 Å². The van der Waals surface area contributed by atoms with Gasteiger partial charge < -0.3 is 10.1 Å². The van der Waals surface area contributed by atoms with Crippen LogP contribution in [-0.2, 0) is 10.5 Å². The number of aryl methyl sites for hydroxylation is 2. The zero-order valence-corrected chi connectivity index (χ0v) is 15.4. The van der Waals surface area contributed by atoms with Gasteiger partial charge in [-0.2, -0.15) is 0 Å². The largest absolute Gasteiger partial charge is 0.491 e. The number of thioether (sulfide) groups is 1. The van der Waals surface area contributed by atoms with Crippen LogP contribution in [0, 0.1) is 13.8 Å². The Kier molecular flexibility index (Phi) is 7.19. The number of ether oxygens (including phenoxy) is 1. The summed E-state index contributed by atoms with van der Waals surface area (Å²) < 4.78 is 5.69. The molecule has 0 saturated carbocycles. The second-order valence-electron chi connectivity index (χ2n) is 6.01. The van der Waals surface area contributed by atoms with Gasteiger partial charge in [-0.15, -0.1) is 11.8 Å². The van der Waals surface area contributed by atoms with Gasteiger partial charge >= 0.3 is 0 Å². The molecule has 2 aromatic rings. The van der Waals surface area contributed by atoms with Gasteiger partial charge in [0.25, 0.3) is 0 Å². The third-order valence-corrected chi connectivity index (χ3v) is 4.66. The predicted octanol–water partition coefficient (Wildman–Crippen LogP) is 4.12. The molecule has 4 heteroatoms. The molecule has 1 unspecified atom stereocenters. The molecule has 1 N–H and O–H groups in total. The molecule has 0 spiro atoms. The normalized spacial score (nSPS) is 11.8. The Morgan fingerprint density at radius 2 is 1.83 bits per heavy atom. The molecule has 0 aliphatic carbocycles. The molecule has 0 bridgehead atoms. The Balaban J connectivity index is 1.66. The summed E-state index contributed by atoms with van der Waals surface area (Å²) in [4.78, 5) is 12.0. The highest BCUT2D eigenvalue weighted by molar-refractivity contribution is 7.99. The fraction of sp³-hybridized carbons (Fsp3) is 0.350. The summed E-state index contributed by atoms with van der Waals surface area (Å²) in [5.74, 6) is 2.20. The highest BCUT2D eigenvalue weighted by Crippen LogP contribution is 2.15. The molecule has 0 radical (unpaired) electrons. The van der Waals surface area contributed by atoms with Crippen molar-refractivity contribution in [1.82, 2.24) is 5.32 Å². The quantitative estimate of drug-likeness (QED) is 0.783. The minimum atomic E-state index is -0.0159. The van der Waals surface area contributed by atoms with E-state index in [2.05, 4.69) is 24.4 Å². The van der Waals surface area contributed by atoms with Crippen LogP contribution < -0.4 is 10.1 Å². The fourth-order valence-electron chi connectivity index (χ4n) is 2.24. The van der Waals surface area contributed by atoms with E-state index in [4.69, 9.17) is 4.74 Å². The average molecular weight is 343 g/mol. The summed E-state index contributed by atoms with van der Waals surface area (Å²) in [6.07, 6.45) is 0. The van der Waals surface area contributed by atoms with Crippen LogP contribution >= 0.6 is 11.8 Å². The van der Waals surface area contributed by atoms with Crippen LogP contribution in [0.5, 0.6) is 5.75 Å². The second kappa shape index (κ2) is 9.38. The van der Waals surface area contributed by atoms with Gasteiger partial charge in [0.15, 0.2) is 0 Å². The predicted molar refractivity (Wildman–Crippen MR) is 102 cm³/mol. The van der Waals surface area contributed by atoms with Crippen molar-refractivity contribution in [2.24, 2.45) is 0 Å². The van der Waals surface area contributed by atoms with E-state index in [1.54, 1.807) is 11.8 Å². The first-order valence-electron chi connectivity index (χ1n) is 8.15. The van der Waals surface area contributed by atoms with E-state index < -0.39 is 0 Å². The first-order chi connectivity index (χ1) is 11.5. The molecule has 3 nitrogen and oxygen atoms in total. The van der Waals surface area contributed by atoms with Crippen LogP contribution in [0.25, 0.3) is 0 Å². The maximum Gasteiger partial charge on any atom is 0.230 e. The molecule has 2 rings (SSSR count). The molecular formula is C20H25NO2S. The number of hydrogen-bond acceptors (Lipinski definition) is 3. The van der Waals surface area contributed by atoms with Crippen LogP contribution in [0.2, 0.25) is 0 Å². The van der Waals surface area contributed by atoms with Gasteiger partial charge in [-0.25, -0.2) is 0 Å². The summed E-state index contributed by atoms with van der Waals surface area (Å²) in [6, 6.07) is 16.2. The van der Waals surface area contributed by atoms with Crippen molar-refractivity contribution in [2.75, 3.05) is 12.4 Å². The number of benzene rings is 2. The molecule has 128 valence electrons. The number of amides is 1. The Bertz CT molecular complexity index is 655. The minimum Gasteiger partial charge on any atom is -0.491 e. The Hall–Kier alpha value is -1.94. The lowest BCUT2D eigenvalue weighted by Crippen LogP contribution is -2.37. The zero-order valence-electron chi connectivity index (χ0n) is 14.5. The third-order valence-electron chi connectivity index (χ3n) is 3.68. The highest BCUT2D eigenvalue weighted by Gasteiger charge is 2.09. The number of carbonyl (C=O) groups excluding carboxylic acids is 1. The molecule has 0 heterocycles. The molecule has 0 aliphatic rings. The summed E-state index contributed by atoms with van der Waals surface area (Å²) in [5, 5.41) is 2.98. The molecule has 1 amide bonds. The SMILES string of the molecule is Cc1ccc(OCC(C)NC(=O)CSCc2ccccc2C)cc1. The van der Waals surface area contributed by atoms with Crippen molar-refractivity contribution < 1.29 is 9.53 Å². The highest BCUT2D eigenvalue weighted by atomic mass is 32.2. The minimum absolute atomic E-state index is 0.0159. The molecular weight excluding hydrogens is 318 g/mol. The maximum absolute atomic E-state index is 12.0. The van der Waals surface area contributed by atoms with Crippen LogP contribution in [-0.4, -0.2) is 24.3 Å². The standard InChI is InChI=1S/C20H25NO2S/c1-15-8-10-19(11-9-15)23-12-17(3)21-20(22)14-24-13-18-7-5-4-6-16(18)2/h4-11,17H,12-14H2,1-3H3,(H,21,22). The van der Waals surface area contributed by atoms with Gasteiger partial charge in [0.05, 0.1) is 11.8 Å². The van der Waals surface area contributed by atoms with E-state index in [-0.39, 0.29) is 11.9 Å². The number of hydrogen-bond donors (Lipinski definition) is 1. The van der Waals surface area contributed by atoms with Crippen molar-refractivity contribution in [2.45, 2.75) is 32.6 Å². The van der Waals surface area contributed by atoms with Gasteiger partial charge in [0, 0.05) is 5.75 Å². The van der Waals surface area contributed by atoms with Gasteiger partial charge in [-0.1, -0.05) is 42.0 Å². The van der Waals surface area contributed by atoms with E-state index in [1.807, 2.05) is 50.2 Å². The fourth-order valence-corrected chi connectivity index (χ4v) is 3.15. The molecule has 0 aromatic heterocycles. The number of carbonyl (C=O) groups is 1. The third kappa shape index (κ3) is 6.28. The van der Waals surface area contributed by atoms with Gasteiger partial charge in [-0.3, -0.25) is 4.79 Å². The lowest BCUT2D eigenvalue weighted by atomic mass is 10.1. The van der Waals surface area contributed by atoms with Crippen molar-refractivity contribution in [3.05, 3.63) is 65.2 Å². The van der Waals surface area contributed by atoms with E-state index in [9.17, 15) is 4.79 Å². The average Bonchev–Trinajstić information content (AvgIpc) is 2.56. The zero-order chi connectivity index (χ0) is 17.4. The van der Waals surface area contributed by atoms with Crippen molar-refractivity contribution >= 4 is 17.7 Å². The van der Waals surface area contributed by atoms with Gasteiger partial charge in [0.2, 0.25) is 5.91 Å². The lowest BCUT2D eigenvalue weighted by molar-refractivity contribution is -0.119. The first-order valence-corrected chi connectivity index (χ1v) is 9.31. The van der Waals surface area contributed by atoms with E-state index in [0.717, 1.165) is 11.5 Å². The van der Waals surface area contributed by atoms with Gasteiger partial charge in [0.1, 0.15) is 12.4 Å². The van der Waals surface area contributed by atoms with Crippen molar-refractivity contribution in [3.8, 4) is 5.75 Å². The Morgan fingerprint density at radius 3 is 2.54 bits per heavy atom. The number of nitrogens with one attached hydrogen (secondary N) is 1. The summed E-state index contributed by atoms with van der Waals surface area (Å²) in [7, 11) is 0. The van der Waals surface area contributed by atoms with E-state index in [1.165, 1.54) is 16.7 Å². The summed E-state index contributed by atoms with van der Waals surface area (Å²) in [5.41, 5.74) is 3.76. The monoisotopic (exact) mass is 343 g/mol. The summed E-state index contributed by atoms with van der Waals surface area (Å²) in [6.45, 7) is 6.57. The van der Waals surface area contributed by atoms with Crippen LogP contribution in [0.15, 0.2) is 48.5 Å². The van der Waals surface area contributed by atoms with Gasteiger partial charge in [-0.05, 0) is 44.0 Å². The Morgan fingerprint density at radius 1 is 1.12 bits per heavy atom. The summed E-state index contributed by atoms with van der Waals surface area (Å²) >= 11 is 1.63. The lowest BCUT2D eigenvalue weighted by Gasteiger charge is -2.15. The maximum atomic E-state index is 12.0. The molecule has 24 heavy (non-hydrogen) atoms. The second-order valence-corrected chi connectivity index (χ2v) is 7.00. The van der Waals surface area contributed by atoms with E-state index >= 15 is 0 Å². The molecule has 0 aliphatic heterocycles. The smallest absolute Gasteiger partial charge is 0.230 e. The molecule has 0 fully saturated rings. The molecule has 2 aromatic carbocycles. The van der Waals surface area contributed by atoms with Crippen molar-refractivity contribution in [3.63, 3.8) is 0 Å². The molecule has 1 atom stereocenters. The van der Waals surface area contributed by atoms with Crippen LogP contribution in [0.4, 0.5) is 0 Å². The van der Waals surface area contributed by atoms with E-state index in [0.29, 0.717) is 12.4 Å². The topological polar surface area (TPSA) is 38.3 Å². The Labute approximate surface area is 148 Å². The number of rotatable bonds is 8. The molecule has 0 saturated heterocycles. The first kappa shape index (κ1) is 18.4.